The average Bonchev–Trinajstić information content (AvgIpc) is 3.18. The van der Waals surface area contributed by atoms with Crippen LogP contribution in [0.3, 0.4) is 0 Å². The van der Waals surface area contributed by atoms with Crippen LogP contribution in [0, 0.1) is 6.92 Å². The molecule has 3 aromatic carbocycles. The van der Waals surface area contributed by atoms with Gasteiger partial charge in [0.2, 0.25) is 0 Å². The first-order valence-corrected chi connectivity index (χ1v) is 11.9. The third-order valence-electron chi connectivity index (χ3n) is 5.27. The molecule has 1 saturated heterocycles. The lowest BCUT2D eigenvalue weighted by Crippen LogP contribution is -2.31. The first-order chi connectivity index (χ1) is 16.4. The van der Waals surface area contributed by atoms with Crippen molar-refractivity contribution in [2.75, 3.05) is 19.5 Å². The number of anilines is 1. The van der Waals surface area contributed by atoms with Gasteiger partial charge in [-0.25, -0.2) is 0 Å². The quantitative estimate of drug-likeness (QED) is 0.381. The minimum absolute atomic E-state index is 0.112. The molecule has 1 aliphatic rings. The Balaban J connectivity index is 1.38. The highest BCUT2D eigenvalue weighted by molar-refractivity contribution is 8.05. The maximum absolute atomic E-state index is 12.4. The van der Waals surface area contributed by atoms with Gasteiger partial charge in [0.15, 0.2) is 5.50 Å². The number of rotatable bonds is 8. The first kappa shape index (κ1) is 23.9. The fourth-order valence-electron chi connectivity index (χ4n) is 3.46. The van der Waals surface area contributed by atoms with Gasteiger partial charge in [0, 0.05) is 16.3 Å². The van der Waals surface area contributed by atoms with Crippen molar-refractivity contribution < 1.29 is 19.0 Å². The number of carbonyl (C=O) groups excluding carboxylic acids is 1. The summed E-state index contributed by atoms with van der Waals surface area (Å²) in [7, 11) is 3.25. The van der Waals surface area contributed by atoms with Crippen molar-refractivity contribution in [1.82, 2.24) is 5.32 Å². The van der Waals surface area contributed by atoms with Crippen molar-refractivity contribution in [1.29, 1.82) is 0 Å². The Hall–Kier alpha value is -3.29. The second-order valence-electron chi connectivity index (χ2n) is 7.62. The molecule has 1 fully saturated rings. The minimum atomic E-state index is -0.251. The summed E-state index contributed by atoms with van der Waals surface area (Å²) in [6.45, 7) is 2.32. The summed E-state index contributed by atoms with van der Waals surface area (Å²) >= 11 is 7.47. The molecule has 3 aromatic rings. The molecule has 8 heteroatoms. The summed E-state index contributed by atoms with van der Waals surface area (Å²) in [5, 5.41) is 6.97. The van der Waals surface area contributed by atoms with Crippen LogP contribution in [0.2, 0.25) is 5.02 Å². The Kier molecular flexibility index (Phi) is 7.55. The van der Waals surface area contributed by atoms with E-state index in [1.807, 2.05) is 73.7 Å². The second-order valence-corrected chi connectivity index (χ2v) is 9.20. The number of hydrogen-bond acceptors (Lipinski definition) is 6. The Bertz CT molecular complexity index is 1210. The maximum Gasteiger partial charge on any atom is 0.260 e. The van der Waals surface area contributed by atoms with Crippen LogP contribution in [-0.4, -0.2) is 25.6 Å². The lowest BCUT2D eigenvalue weighted by Gasteiger charge is -2.15. The molecule has 2 N–H and O–H groups in total. The zero-order chi connectivity index (χ0) is 24.1. The molecule has 34 heavy (non-hydrogen) atoms. The number of halogens is 1. The van der Waals surface area contributed by atoms with Gasteiger partial charge in [0.1, 0.15) is 23.9 Å². The van der Waals surface area contributed by atoms with Crippen LogP contribution in [0.5, 0.6) is 17.2 Å². The van der Waals surface area contributed by atoms with Crippen LogP contribution < -0.4 is 24.8 Å². The molecule has 0 aromatic heterocycles. The zero-order valence-electron chi connectivity index (χ0n) is 19.1. The number of aryl methyl sites for hydroxylation is 1. The van der Waals surface area contributed by atoms with E-state index in [2.05, 4.69) is 10.6 Å². The molecule has 176 valence electrons. The molecule has 0 saturated carbocycles. The summed E-state index contributed by atoms with van der Waals surface area (Å²) in [5.74, 6) is 2.09. The number of carbonyl (C=O) groups is 1. The molecule has 1 heterocycles. The molecule has 1 atom stereocenters. The summed E-state index contributed by atoms with van der Waals surface area (Å²) < 4.78 is 16.6. The third-order valence-corrected chi connectivity index (χ3v) is 6.53. The molecule has 0 aliphatic carbocycles. The van der Waals surface area contributed by atoms with Gasteiger partial charge in [-0.05, 0) is 72.7 Å². The van der Waals surface area contributed by atoms with Crippen molar-refractivity contribution in [2.45, 2.75) is 19.0 Å². The molecule has 6 nitrogen and oxygen atoms in total. The molecule has 1 aliphatic heterocycles. The highest BCUT2D eigenvalue weighted by Gasteiger charge is 2.27. The van der Waals surface area contributed by atoms with Crippen LogP contribution in [0.25, 0.3) is 6.08 Å². The van der Waals surface area contributed by atoms with Gasteiger partial charge in [0.05, 0.1) is 19.1 Å². The van der Waals surface area contributed by atoms with E-state index in [0.29, 0.717) is 22.3 Å². The standard InChI is InChI=1S/C26H25ClN2O4S/c1-16-12-19(27)6-10-22(16)28-26-29-25(30)24(34-26)13-17-4-7-20(8-5-17)33-15-18-14-21(31-2)9-11-23(18)32-3/h4-14,26,28H,15H2,1-3H3,(H,29,30)/b24-13-. The van der Waals surface area contributed by atoms with E-state index in [4.69, 9.17) is 25.8 Å². The van der Waals surface area contributed by atoms with E-state index in [1.54, 1.807) is 14.2 Å². The molecular formula is C26H25ClN2O4S. The largest absolute Gasteiger partial charge is 0.497 e. The highest BCUT2D eigenvalue weighted by atomic mass is 35.5. The predicted molar refractivity (Wildman–Crippen MR) is 138 cm³/mol. The zero-order valence-corrected chi connectivity index (χ0v) is 20.6. The van der Waals surface area contributed by atoms with E-state index in [-0.39, 0.29) is 11.4 Å². The molecule has 4 rings (SSSR count). The Morgan fingerprint density at radius 3 is 2.50 bits per heavy atom. The van der Waals surface area contributed by atoms with Gasteiger partial charge in [-0.3, -0.25) is 4.79 Å². The maximum atomic E-state index is 12.4. The van der Waals surface area contributed by atoms with Crippen LogP contribution in [0.15, 0.2) is 65.6 Å². The number of ether oxygens (including phenoxy) is 3. The number of benzene rings is 3. The number of amides is 1. The second kappa shape index (κ2) is 10.8. The van der Waals surface area contributed by atoms with E-state index < -0.39 is 0 Å². The SMILES string of the molecule is COc1ccc(OC)c(COc2ccc(/C=C3\SC(Nc4ccc(Cl)cc4C)NC3=O)cc2)c1. The fourth-order valence-corrected chi connectivity index (χ4v) is 4.67. The van der Waals surface area contributed by atoms with Gasteiger partial charge in [0.25, 0.3) is 5.91 Å². The van der Waals surface area contributed by atoms with Crippen molar-refractivity contribution in [3.63, 3.8) is 0 Å². The number of nitrogens with one attached hydrogen (secondary N) is 2. The summed E-state index contributed by atoms with van der Waals surface area (Å²) in [5.41, 5.74) is 3.49. The monoisotopic (exact) mass is 496 g/mol. The van der Waals surface area contributed by atoms with Gasteiger partial charge in [-0.15, -0.1) is 0 Å². The van der Waals surface area contributed by atoms with Crippen LogP contribution in [0.4, 0.5) is 5.69 Å². The number of hydrogen-bond donors (Lipinski definition) is 2. The molecule has 1 unspecified atom stereocenters. The smallest absolute Gasteiger partial charge is 0.260 e. The van der Waals surface area contributed by atoms with E-state index in [9.17, 15) is 4.79 Å². The van der Waals surface area contributed by atoms with Crippen molar-refractivity contribution in [3.8, 4) is 17.2 Å². The summed E-state index contributed by atoms with van der Waals surface area (Å²) in [6.07, 6.45) is 1.87. The Morgan fingerprint density at radius 1 is 1.03 bits per heavy atom. The first-order valence-electron chi connectivity index (χ1n) is 10.6. The van der Waals surface area contributed by atoms with Crippen LogP contribution in [-0.2, 0) is 11.4 Å². The molecule has 0 bridgehead atoms. The van der Waals surface area contributed by atoms with E-state index in [1.165, 1.54) is 11.8 Å². The third kappa shape index (κ3) is 5.79. The van der Waals surface area contributed by atoms with Gasteiger partial charge >= 0.3 is 0 Å². The molecule has 0 spiro atoms. The topological polar surface area (TPSA) is 68.8 Å². The van der Waals surface area contributed by atoms with Crippen molar-refractivity contribution in [2.24, 2.45) is 0 Å². The van der Waals surface area contributed by atoms with Crippen molar-refractivity contribution in [3.05, 3.63) is 87.3 Å². The summed E-state index contributed by atoms with van der Waals surface area (Å²) in [4.78, 5) is 13.1. The highest BCUT2D eigenvalue weighted by Crippen LogP contribution is 2.32. The molecule has 1 amide bonds. The van der Waals surface area contributed by atoms with Gasteiger partial charge < -0.3 is 24.8 Å². The Morgan fingerprint density at radius 2 is 1.79 bits per heavy atom. The van der Waals surface area contributed by atoms with Crippen LogP contribution >= 0.6 is 23.4 Å². The lowest BCUT2D eigenvalue weighted by atomic mass is 10.2. The molecular weight excluding hydrogens is 472 g/mol. The predicted octanol–water partition coefficient (Wildman–Crippen LogP) is 5.84. The van der Waals surface area contributed by atoms with Crippen molar-refractivity contribution >= 4 is 41.0 Å². The van der Waals surface area contributed by atoms with E-state index in [0.717, 1.165) is 33.9 Å². The van der Waals surface area contributed by atoms with Gasteiger partial charge in [-0.2, -0.15) is 0 Å². The molecule has 0 radical (unpaired) electrons. The van der Waals surface area contributed by atoms with Crippen LogP contribution in [0.1, 0.15) is 16.7 Å². The Labute approximate surface area is 208 Å². The normalized spacial score (nSPS) is 16.3. The average molecular weight is 497 g/mol. The van der Waals surface area contributed by atoms with Gasteiger partial charge in [-0.1, -0.05) is 35.5 Å². The number of methoxy groups -OCH3 is 2. The fraction of sp³-hybridized carbons (Fsp3) is 0.192. The number of thioether (sulfide) groups is 1. The summed E-state index contributed by atoms with van der Waals surface area (Å²) in [6, 6.07) is 18.8. The van der Waals surface area contributed by atoms with E-state index >= 15 is 0 Å². The minimum Gasteiger partial charge on any atom is -0.497 e. The lowest BCUT2D eigenvalue weighted by molar-refractivity contribution is -0.116.